The average molecular weight is 371 g/mol. The van der Waals surface area contributed by atoms with E-state index in [9.17, 15) is 4.79 Å². The van der Waals surface area contributed by atoms with Crippen molar-refractivity contribution in [3.05, 3.63) is 65.2 Å². The lowest BCUT2D eigenvalue weighted by atomic mass is 10.1. The number of halogens is 1. The summed E-state index contributed by atoms with van der Waals surface area (Å²) in [5.74, 6) is 0.737. The lowest BCUT2D eigenvalue weighted by molar-refractivity contribution is 0.194. The zero-order valence-corrected chi connectivity index (χ0v) is 14.9. The summed E-state index contributed by atoms with van der Waals surface area (Å²) in [5.41, 5.74) is 2.87. The number of aromatic nitrogens is 2. The van der Waals surface area contributed by atoms with E-state index < -0.39 is 0 Å². The number of rotatable bonds is 3. The number of amides is 2. The van der Waals surface area contributed by atoms with Gasteiger partial charge in [-0.1, -0.05) is 23.7 Å². The second kappa shape index (κ2) is 7.25. The molecule has 2 amide bonds. The molecule has 7 heteroatoms. The predicted octanol–water partition coefficient (Wildman–Crippen LogP) is 3.91. The molecule has 6 nitrogen and oxygen atoms in total. The summed E-state index contributed by atoms with van der Waals surface area (Å²) in [6.07, 6.45) is 2.46. The van der Waals surface area contributed by atoms with E-state index in [2.05, 4.69) is 10.4 Å². The van der Waals surface area contributed by atoms with Crippen molar-refractivity contribution >= 4 is 17.6 Å². The molecule has 0 atom stereocenters. The van der Waals surface area contributed by atoms with Gasteiger partial charge in [0.2, 0.25) is 0 Å². The molecule has 0 fully saturated rings. The molecular formula is C19H19ClN4O2. The molecule has 0 saturated heterocycles. The highest BCUT2D eigenvalue weighted by Crippen LogP contribution is 2.24. The Morgan fingerprint density at radius 1 is 1.23 bits per heavy atom. The van der Waals surface area contributed by atoms with Crippen LogP contribution in [0.2, 0.25) is 5.02 Å². The lowest BCUT2D eigenvalue weighted by Crippen LogP contribution is -2.39. The molecule has 0 saturated carbocycles. The average Bonchev–Trinajstić information content (AvgIpc) is 3.25. The second-order valence-corrected chi connectivity index (χ2v) is 6.70. The van der Waals surface area contributed by atoms with Gasteiger partial charge in [0.05, 0.1) is 30.7 Å². The largest absolute Gasteiger partial charge is 0.467 e. The third kappa shape index (κ3) is 3.60. The van der Waals surface area contributed by atoms with Crippen LogP contribution in [0, 0.1) is 0 Å². The number of carbonyl (C=O) groups excluding carboxylic acids is 1. The monoisotopic (exact) mass is 370 g/mol. The van der Waals surface area contributed by atoms with E-state index >= 15 is 0 Å². The number of benzene rings is 1. The van der Waals surface area contributed by atoms with Crippen LogP contribution in [0.5, 0.6) is 0 Å². The van der Waals surface area contributed by atoms with E-state index in [1.165, 1.54) is 0 Å². The van der Waals surface area contributed by atoms with Crippen molar-refractivity contribution in [2.75, 3.05) is 6.54 Å². The Hall–Kier alpha value is -2.73. The first-order valence-corrected chi connectivity index (χ1v) is 8.95. The number of furan rings is 1. The highest BCUT2D eigenvalue weighted by Gasteiger charge is 2.21. The normalized spacial score (nSPS) is 14.0. The number of urea groups is 1. The smallest absolute Gasteiger partial charge is 0.318 e. The van der Waals surface area contributed by atoms with Crippen molar-refractivity contribution in [2.45, 2.75) is 26.1 Å². The van der Waals surface area contributed by atoms with Gasteiger partial charge >= 0.3 is 6.03 Å². The number of hydrogen-bond donors (Lipinski definition) is 1. The first-order valence-electron chi connectivity index (χ1n) is 8.57. The molecule has 1 aromatic carbocycles. The quantitative estimate of drug-likeness (QED) is 0.760. The van der Waals surface area contributed by atoms with E-state index in [0.29, 0.717) is 24.7 Å². The fraction of sp³-hybridized carbons (Fsp3) is 0.263. The van der Waals surface area contributed by atoms with Gasteiger partial charge < -0.3 is 14.6 Å². The van der Waals surface area contributed by atoms with E-state index in [1.54, 1.807) is 6.26 Å². The van der Waals surface area contributed by atoms with E-state index in [0.717, 1.165) is 35.7 Å². The Morgan fingerprint density at radius 3 is 2.96 bits per heavy atom. The van der Waals surface area contributed by atoms with E-state index in [4.69, 9.17) is 16.0 Å². The molecule has 1 aliphatic rings. The van der Waals surface area contributed by atoms with Crippen molar-refractivity contribution in [2.24, 2.45) is 0 Å². The zero-order valence-electron chi connectivity index (χ0n) is 14.2. The molecule has 3 heterocycles. The maximum Gasteiger partial charge on any atom is 0.318 e. The van der Waals surface area contributed by atoms with Crippen LogP contribution in [0.1, 0.15) is 17.9 Å². The van der Waals surface area contributed by atoms with Crippen LogP contribution >= 0.6 is 11.6 Å². The van der Waals surface area contributed by atoms with Crippen LogP contribution in [0.3, 0.4) is 0 Å². The standard InChI is InChI=1S/C19H19ClN4O2/c20-15-5-1-4-14(10-15)18-11-16-13-23(7-3-8-24(16)22-18)19(25)21-12-17-6-2-9-26-17/h1-2,4-6,9-11H,3,7-8,12-13H2,(H,21,25). The number of hydrogen-bond acceptors (Lipinski definition) is 3. The number of fused-ring (bicyclic) bond motifs is 1. The molecule has 0 bridgehead atoms. The SMILES string of the molecule is O=C(NCc1ccco1)N1CCCn2nc(-c3cccc(Cl)c3)cc2C1. The first-order chi connectivity index (χ1) is 12.7. The molecule has 1 aliphatic heterocycles. The van der Waals surface area contributed by atoms with Gasteiger partial charge in [0.15, 0.2) is 0 Å². The van der Waals surface area contributed by atoms with Crippen molar-refractivity contribution in [1.82, 2.24) is 20.0 Å². The molecule has 1 N–H and O–H groups in total. The highest BCUT2D eigenvalue weighted by atomic mass is 35.5. The third-order valence-corrected chi connectivity index (χ3v) is 4.65. The topological polar surface area (TPSA) is 63.3 Å². The third-order valence-electron chi connectivity index (χ3n) is 4.42. The van der Waals surface area contributed by atoms with Crippen LogP contribution in [0.15, 0.2) is 53.1 Å². The molecule has 0 spiro atoms. The molecular weight excluding hydrogens is 352 g/mol. The Bertz CT molecular complexity index is 904. The van der Waals surface area contributed by atoms with Gasteiger partial charge in [0.25, 0.3) is 0 Å². The molecule has 4 rings (SSSR count). The molecule has 2 aromatic heterocycles. The Labute approximate surface area is 156 Å². The van der Waals surface area contributed by atoms with E-state index in [1.807, 2.05) is 52.0 Å². The van der Waals surface area contributed by atoms with Crippen molar-refractivity contribution < 1.29 is 9.21 Å². The number of aryl methyl sites for hydroxylation is 1. The molecule has 134 valence electrons. The summed E-state index contributed by atoms with van der Waals surface area (Å²) in [7, 11) is 0. The van der Waals surface area contributed by atoms with Gasteiger partial charge in [0, 0.05) is 23.7 Å². The molecule has 26 heavy (non-hydrogen) atoms. The summed E-state index contributed by atoms with van der Waals surface area (Å²) in [4.78, 5) is 14.3. The van der Waals surface area contributed by atoms with Crippen molar-refractivity contribution in [3.8, 4) is 11.3 Å². The summed E-state index contributed by atoms with van der Waals surface area (Å²) < 4.78 is 7.24. The van der Waals surface area contributed by atoms with Crippen LogP contribution in [0.25, 0.3) is 11.3 Å². The maximum absolute atomic E-state index is 12.5. The molecule has 0 aliphatic carbocycles. The van der Waals surface area contributed by atoms with Crippen LogP contribution in [-0.2, 0) is 19.6 Å². The summed E-state index contributed by atoms with van der Waals surface area (Å²) >= 11 is 6.09. The molecule has 3 aromatic rings. The first kappa shape index (κ1) is 16.7. The van der Waals surface area contributed by atoms with Gasteiger partial charge in [-0.05, 0) is 36.8 Å². The maximum atomic E-state index is 12.5. The van der Waals surface area contributed by atoms with Gasteiger partial charge in [0.1, 0.15) is 5.76 Å². The fourth-order valence-corrected chi connectivity index (χ4v) is 3.30. The Balaban J connectivity index is 1.48. The Kier molecular flexibility index (Phi) is 4.67. The summed E-state index contributed by atoms with van der Waals surface area (Å²) in [6, 6.07) is 13.2. The minimum Gasteiger partial charge on any atom is -0.467 e. The lowest BCUT2D eigenvalue weighted by Gasteiger charge is -2.20. The highest BCUT2D eigenvalue weighted by molar-refractivity contribution is 6.30. The van der Waals surface area contributed by atoms with E-state index in [-0.39, 0.29) is 6.03 Å². The van der Waals surface area contributed by atoms with Crippen molar-refractivity contribution in [3.63, 3.8) is 0 Å². The van der Waals surface area contributed by atoms with Gasteiger partial charge in [-0.3, -0.25) is 4.68 Å². The van der Waals surface area contributed by atoms with Crippen LogP contribution < -0.4 is 5.32 Å². The van der Waals surface area contributed by atoms with Gasteiger partial charge in [-0.2, -0.15) is 5.10 Å². The minimum atomic E-state index is -0.0969. The van der Waals surface area contributed by atoms with Crippen LogP contribution in [0.4, 0.5) is 4.79 Å². The fourth-order valence-electron chi connectivity index (χ4n) is 3.11. The number of nitrogens with zero attached hydrogens (tertiary/aromatic N) is 3. The summed E-state index contributed by atoms with van der Waals surface area (Å²) in [6.45, 7) is 2.39. The number of nitrogens with one attached hydrogen (secondary N) is 1. The summed E-state index contributed by atoms with van der Waals surface area (Å²) in [5, 5.41) is 8.28. The predicted molar refractivity (Wildman–Crippen MR) is 98.6 cm³/mol. The van der Waals surface area contributed by atoms with Gasteiger partial charge in [-0.25, -0.2) is 4.79 Å². The Morgan fingerprint density at radius 2 is 2.15 bits per heavy atom. The minimum absolute atomic E-state index is 0.0969. The number of carbonyl (C=O) groups is 1. The van der Waals surface area contributed by atoms with Gasteiger partial charge in [-0.15, -0.1) is 0 Å². The second-order valence-electron chi connectivity index (χ2n) is 6.27. The zero-order chi connectivity index (χ0) is 17.9. The molecule has 0 radical (unpaired) electrons. The van der Waals surface area contributed by atoms with Crippen LogP contribution in [-0.4, -0.2) is 27.3 Å². The van der Waals surface area contributed by atoms with Crippen molar-refractivity contribution in [1.29, 1.82) is 0 Å². The molecule has 0 unspecified atom stereocenters.